The van der Waals surface area contributed by atoms with Crippen molar-refractivity contribution in [3.63, 3.8) is 0 Å². The average molecular weight is 945 g/mol. The van der Waals surface area contributed by atoms with Gasteiger partial charge in [0.2, 0.25) is 11.8 Å². The molecule has 324 valence electrons. The van der Waals surface area contributed by atoms with E-state index in [1.54, 1.807) is 22.0 Å². The van der Waals surface area contributed by atoms with Crippen LogP contribution in [0.2, 0.25) is 20.1 Å². The Morgan fingerprint density at radius 2 is 0.952 bits per heavy atom. The topological polar surface area (TPSA) is 125 Å². The predicted octanol–water partition coefficient (Wildman–Crippen LogP) is 11.4. The Balaban J connectivity index is 1.19. The summed E-state index contributed by atoms with van der Waals surface area (Å²) in [5.74, 6) is -3.15. The highest BCUT2D eigenvalue weighted by Crippen LogP contribution is 2.49. The fourth-order valence-corrected chi connectivity index (χ4v) is 10.6. The largest absolute Gasteiger partial charge is 0.481 e. The van der Waals surface area contributed by atoms with Gasteiger partial charge in [-0.25, -0.2) is 0 Å². The van der Waals surface area contributed by atoms with Crippen LogP contribution >= 0.6 is 58.2 Å². The number of amides is 2. The number of rotatable bonds is 10. The quantitative estimate of drug-likeness (QED) is 0.131. The number of carboxylic acids is 2. The highest BCUT2D eigenvalue weighted by molar-refractivity contribution is 7.99. The molecule has 2 N–H and O–H groups in total. The molecular formula is C48H42Cl4N4O6S. The number of likely N-dealkylation sites (tertiary alicyclic amines) is 2. The molecule has 0 bridgehead atoms. The maximum absolute atomic E-state index is 13.4. The van der Waals surface area contributed by atoms with Crippen LogP contribution in [0, 0.1) is 11.8 Å². The Morgan fingerprint density at radius 1 is 0.571 bits per heavy atom. The van der Waals surface area contributed by atoms with Crippen molar-refractivity contribution in [1.29, 1.82) is 0 Å². The van der Waals surface area contributed by atoms with Crippen LogP contribution in [0.25, 0.3) is 56.2 Å². The third-order valence-electron chi connectivity index (χ3n) is 12.1. The number of carbonyl (C=O) groups excluding carboxylic acids is 2. The summed E-state index contributed by atoms with van der Waals surface area (Å²) in [4.78, 5) is 54.3. The van der Waals surface area contributed by atoms with Gasteiger partial charge < -0.3 is 29.1 Å². The molecule has 2 amide bonds. The average Bonchev–Trinajstić information content (AvgIpc) is 3.85. The number of halogens is 4. The smallest absolute Gasteiger partial charge is 0.306 e. The van der Waals surface area contributed by atoms with Crippen molar-refractivity contribution < 1.29 is 29.4 Å². The minimum atomic E-state index is -0.849. The van der Waals surface area contributed by atoms with Gasteiger partial charge in [0, 0.05) is 108 Å². The van der Waals surface area contributed by atoms with Crippen LogP contribution in [0.5, 0.6) is 0 Å². The normalized spacial score (nSPS) is 15.4. The van der Waals surface area contributed by atoms with Gasteiger partial charge in [-0.1, -0.05) is 70.3 Å². The number of hydrogen-bond donors (Lipinski definition) is 2. The van der Waals surface area contributed by atoms with Gasteiger partial charge in [-0.3, -0.25) is 19.2 Å². The molecule has 0 atom stereocenters. The molecule has 63 heavy (non-hydrogen) atoms. The number of aliphatic carboxylic acids is 2. The van der Waals surface area contributed by atoms with Gasteiger partial charge in [0.15, 0.2) is 0 Å². The number of carboxylic acid groups (broad SMARTS) is 2. The maximum Gasteiger partial charge on any atom is 0.306 e. The van der Waals surface area contributed by atoms with E-state index >= 15 is 0 Å². The lowest BCUT2D eigenvalue weighted by atomic mass is 9.96. The van der Waals surface area contributed by atoms with E-state index in [1.807, 2.05) is 84.2 Å². The molecule has 4 aromatic carbocycles. The second kappa shape index (κ2) is 18.5. The first kappa shape index (κ1) is 44.4. The van der Waals surface area contributed by atoms with Crippen molar-refractivity contribution in [2.75, 3.05) is 26.2 Å². The number of fused-ring (bicyclic) bond motifs is 2. The molecule has 15 heteroatoms. The molecule has 4 heterocycles. The summed E-state index contributed by atoms with van der Waals surface area (Å²) in [6.07, 6.45) is 11.7. The Bertz CT molecular complexity index is 2690. The molecule has 0 radical (unpaired) electrons. The zero-order valence-electron chi connectivity index (χ0n) is 34.3. The molecule has 2 fully saturated rings. The second-order valence-corrected chi connectivity index (χ2v) is 18.6. The third kappa shape index (κ3) is 9.13. The molecule has 0 aliphatic carbocycles. The Hall–Kier alpha value is -5.17. The molecule has 2 aromatic heterocycles. The summed E-state index contributed by atoms with van der Waals surface area (Å²) in [6.45, 7) is 1.35. The summed E-state index contributed by atoms with van der Waals surface area (Å²) in [5.41, 5.74) is 6.24. The number of benzene rings is 4. The summed E-state index contributed by atoms with van der Waals surface area (Å²) >= 11 is 29.9. The fraction of sp³-hybridized carbons (Fsp3) is 0.250. The molecule has 2 saturated heterocycles. The molecule has 8 rings (SSSR count). The number of carbonyl (C=O) groups is 4. The monoisotopic (exact) mass is 942 g/mol. The number of aryl methyl sites for hydroxylation is 2. The lowest BCUT2D eigenvalue weighted by Crippen LogP contribution is -2.39. The van der Waals surface area contributed by atoms with Crippen molar-refractivity contribution in [2.24, 2.45) is 25.9 Å². The lowest BCUT2D eigenvalue weighted by molar-refractivity contribution is -0.145. The van der Waals surface area contributed by atoms with Crippen molar-refractivity contribution in [1.82, 2.24) is 18.9 Å². The predicted molar refractivity (Wildman–Crippen MR) is 253 cm³/mol. The van der Waals surface area contributed by atoms with Crippen molar-refractivity contribution in [3.05, 3.63) is 116 Å². The summed E-state index contributed by atoms with van der Waals surface area (Å²) in [5, 5.41) is 21.8. The van der Waals surface area contributed by atoms with Crippen LogP contribution in [0.1, 0.15) is 36.8 Å². The molecule has 2 aliphatic rings. The molecule has 10 nitrogen and oxygen atoms in total. The number of hydrogen-bond acceptors (Lipinski definition) is 5. The van der Waals surface area contributed by atoms with E-state index in [2.05, 4.69) is 12.1 Å². The summed E-state index contributed by atoms with van der Waals surface area (Å²) in [6, 6.07) is 20.0. The van der Waals surface area contributed by atoms with E-state index in [0.717, 1.165) is 32.9 Å². The lowest BCUT2D eigenvalue weighted by Gasteiger charge is -2.29. The van der Waals surface area contributed by atoms with Crippen LogP contribution in [0.15, 0.2) is 95.0 Å². The summed E-state index contributed by atoms with van der Waals surface area (Å²) in [7, 11) is 3.95. The van der Waals surface area contributed by atoms with Gasteiger partial charge in [-0.15, -0.1) is 0 Å². The Kier molecular flexibility index (Phi) is 13.1. The van der Waals surface area contributed by atoms with E-state index in [4.69, 9.17) is 46.4 Å². The van der Waals surface area contributed by atoms with Crippen LogP contribution < -0.4 is 0 Å². The van der Waals surface area contributed by atoms with Crippen molar-refractivity contribution in [3.8, 4) is 22.3 Å². The zero-order chi connectivity index (χ0) is 44.7. The van der Waals surface area contributed by atoms with E-state index in [0.29, 0.717) is 83.9 Å². The summed E-state index contributed by atoms with van der Waals surface area (Å²) < 4.78 is 4.06. The first-order valence-electron chi connectivity index (χ1n) is 20.4. The molecule has 0 saturated carbocycles. The van der Waals surface area contributed by atoms with Crippen LogP contribution in [0.4, 0.5) is 0 Å². The van der Waals surface area contributed by atoms with Gasteiger partial charge in [0.25, 0.3) is 0 Å². The first-order chi connectivity index (χ1) is 30.2. The van der Waals surface area contributed by atoms with Gasteiger partial charge in [0.05, 0.1) is 31.9 Å². The first-order valence-corrected chi connectivity index (χ1v) is 22.7. The molecule has 0 unspecified atom stereocenters. The van der Waals surface area contributed by atoms with Crippen molar-refractivity contribution >= 4 is 116 Å². The van der Waals surface area contributed by atoms with E-state index in [9.17, 15) is 29.4 Å². The highest BCUT2D eigenvalue weighted by atomic mass is 35.5. The van der Waals surface area contributed by atoms with Crippen molar-refractivity contribution in [2.45, 2.75) is 35.5 Å². The number of aromatic nitrogens is 2. The van der Waals surface area contributed by atoms with E-state index < -0.39 is 23.8 Å². The van der Waals surface area contributed by atoms with Crippen LogP contribution in [-0.2, 0) is 33.3 Å². The van der Waals surface area contributed by atoms with E-state index in [-0.39, 0.29) is 31.9 Å². The minimum Gasteiger partial charge on any atom is -0.481 e. The van der Waals surface area contributed by atoms with Crippen LogP contribution in [-0.4, -0.2) is 79.1 Å². The minimum absolute atomic E-state index is 0.223. The molecule has 6 aromatic rings. The van der Waals surface area contributed by atoms with Gasteiger partial charge >= 0.3 is 11.9 Å². The van der Waals surface area contributed by atoms with Gasteiger partial charge in [0.1, 0.15) is 0 Å². The molecular weight excluding hydrogens is 902 g/mol. The van der Waals surface area contributed by atoms with Gasteiger partial charge in [-0.05, 0) is 109 Å². The number of nitrogens with zero attached hydrogens (tertiary/aromatic N) is 4. The maximum atomic E-state index is 13.4. The second-order valence-electron chi connectivity index (χ2n) is 16.0. The Labute approximate surface area is 388 Å². The van der Waals surface area contributed by atoms with E-state index in [1.165, 1.54) is 23.9 Å². The third-order valence-corrected chi connectivity index (χ3v) is 15.2. The number of piperidine rings is 2. The Morgan fingerprint density at radius 3 is 1.32 bits per heavy atom. The fourth-order valence-electron chi connectivity index (χ4n) is 8.42. The SMILES string of the molecule is Cn1ccc2cc(-c3cc(Sc4cc(-c5ccc6c(ccn6C)c5)c(/C=C/C(=O)N5CCC(C(=O)O)CC5)c(Cl)c4Cl)c(Cl)c(Cl)c3/C=C/C(=O)N3CCC(C(=O)O)CC3)ccc21. The van der Waals surface area contributed by atoms with Gasteiger partial charge in [-0.2, -0.15) is 0 Å². The molecule has 2 aliphatic heterocycles. The highest BCUT2D eigenvalue weighted by Gasteiger charge is 2.28. The van der Waals surface area contributed by atoms with Crippen LogP contribution in [0.3, 0.4) is 0 Å². The standard InChI is InChI=1S/C48H42Cl4N4O6S/c1-53-17-11-31-23-29(3-7-37(31)53)35-25-39(45(51)43(49)33(35)5-9-41(57)55-19-13-27(14-20-55)47(59)60)63-40-26-36(30-4-8-38-32(24-30)12-18-54(38)2)34(44(50)46(40)52)6-10-42(58)56-21-15-28(16-22-56)48(61)62/h3-12,17-18,23-28H,13-16,19-22H2,1-2H3,(H,59,60)(H,61,62)/b9-5+,10-6+. The zero-order valence-corrected chi connectivity index (χ0v) is 38.1. The molecule has 0 spiro atoms.